The van der Waals surface area contributed by atoms with Gasteiger partial charge in [0, 0.05) is 23.5 Å². The molecule has 3 aromatic rings. The van der Waals surface area contributed by atoms with Crippen LogP contribution in [0.25, 0.3) is 11.5 Å². The van der Waals surface area contributed by atoms with Gasteiger partial charge >= 0.3 is 0 Å². The summed E-state index contributed by atoms with van der Waals surface area (Å²) in [6.07, 6.45) is 1.64. The van der Waals surface area contributed by atoms with Crippen molar-refractivity contribution in [3.8, 4) is 11.5 Å². The van der Waals surface area contributed by atoms with Gasteiger partial charge in [0.1, 0.15) is 12.1 Å². The number of benzene rings is 1. The van der Waals surface area contributed by atoms with Gasteiger partial charge in [-0.05, 0) is 49.2 Å². The second-order valence-corrected chi connectivity index (χ2v) is 6.35. The summed E-state index contributed by atoms with van der Waals surface area (Å²) in [4.78, 5) is 7.99. The zero-order valence-electron chi connectivity index (χ0n) is 12.5. The van der Waals surface area contributed by atoms with E-state index in [4.69, 9.17) is 4.42 Å². The highest BCUT2D eigenvalue weighted by Gasteiger charge is 2.11. The van der Waals surface area contributed by atoms with Crippen molar-refractivity contribution in [2.75, 3.05) is 7.05 Å². The van der Waals surface area contributed by atoms with Crippen LogP contribution in [0.1, 0.15) is 16.1 Å². The van der Waals surface area contributed by atoms with E-state index in [9.17, 15) is 4.39 Å². The molecule has 2 aromatic heterocycles. The van der Waals surface area contributed by atoms with Crippen molar-refractivity contribution in [3.05, 3.63) is 63.9 Å². The van der Waals surface area contributed by atoms with Gasteiger partial charge in [-0.15, -0.1) is 11.3 Å². The van der Waals surface area contributed by atoms with E-state index in [1.54, 1.807) is 29.7 Å². The van der Waals surface area contributed by atoms with Gasteiger partial charge in [0.05, 0.1) is 5.69 Å². The summed E-state index contributed by atoms with van der Waals surface area (Å²) < 4.78 is 18.7. The van der Waals surface area contributed by atoms with Crippen LogP contribution in [0.5, 0.6) is 0 Å². The van der Waals surface area contributed by atoms with Crippen LogP contribution in [-0.2, 0) is 13.1 Å². The lowest BCUT2D eigenvalue weighted by Crippen LogP contribution is -2.17. The SMILES string of the molecule is Cc1ccsc1CN(C)Cc1coc(-c2cccc(F)c2)n1. The maximum Gasteiger partial charge on any atom is 0.226 e. The van der Waals surface area contributed by atoms with Crippen molar-refractivity contribution in [3.63, 3.8) is 0 Å². The topological polar surface area (TPSA) is 29.3 Å². The molecule has 0 aliphatic carbocycles. The van der Waals surface area contributed by atoms with E-state index in [0.29, 0.717) is 18.0 Å². The monoisotopic (exact) mass is 316 g/mol. The first kappa shape index (κ1) is 14.9. The number of rotatable bonds is 5. The van der Waals surface area contributed by atoms with E-state index in [1.807, 2.05) is 0 Å². The molecule has 0 saturated heterocycles. The number of hydrogen-bond donors (Lipinski definition) is 0. The highest BCUT2D eigenvalue weighted by atomic mass is 32.1. The Balaban J connectivity index is 1.68. The maximum atomic E-state index is 13.2. The molecular weight excluding hydrogens is 299 g/mol. The van der Waals surface area contributed by atoms with E-state index in [-0.39, 0.29) is 5.82 Å². The molecular formula is C17H17FN2OS. The summed E-state index contributed by atoms with van der Waals surface area (Å²) in [6, 6.07) is 8.41. The predicted octanol–water partition coefficient (Wildman–Crippen LogP) is 4.48. The van der Waals surface area contributed by atoms with Gasteiger partial charge in [-0.2, -0.15) is 0 Å². The fourth-order valence-electron chi connectivity index (χ4n) is 2.28. The Labute approximate surface area is 133 Å². The second-order valence-electron chi connectivity index (χ2n) is 5.35. The first-order chi connectivity index (χ1) is 10.6. The van der Waals surface area contributed by atoms with Gasteiger partial charge in [-0.1, -0.05) is 6.07 Å². The van der Waals surface area contributed by atoms with Gasteiger partial charge in [0.15, 0.2) is 0 Å². The smallest absolute Gasteiger partial charge is 0.226 e. The molecule has 22 heavy (non-hydrogen) atoms. The second kappa shape index (κ2) is 6.42. The number of halogens is 1. The Morgan fingerprint density at radius 1 is 1.27 bits per heavy atom. The molecule has 0 amide bonds. The third-order valence-corrected chi connectivity index (χ3v) is 4.44. The predicted molar refractivity (Wildman–Crippen MR) is 86.1 cm³/mol. The fraction of sp³-hybridized carbons (Fsp3) is 0.235. The molecule has 5 heteroatoms. The molecule has 0 saturated carbocycles. The first-order valence-electron chi connectivity index (χ1n) is 7.03. The van der Waals surface area contributed by atoms with Crippen LogP contribution < -0.4 is 0 Å². The minimum atomic E-state index is -0.289. The Hall–Kier alpha value is -1.98. The van der Waals surface area contributed by atoms with Crippen LogP contribution in [0.15, 0.2) is 46.4 Å². The number of thiophene rings is 1. The van der Waals surface area contributed by atoms with Gasteiger partial charge < -0.3 is 4.42 Å². The molecule has 0 atom stereocenters. The largest absolute Gasteiger partial charge is 0.444 e. The summed E-state index contributed by atoms with van der Waals surface area (Å²) in [5.74, 6) is 0.165. The Bertz CT molecular complexity index is 765. The van der Waals surface area contributed by atoms with Crippen molar-refractivity contribution in [1.29, 1.82) is 0 Å². The standard InChI is InChI=1S/C17H17FN2OS/c1-12-6-7-22-16(12)10-20(2)9-15-11-21-17(19-15)13-4-3-5-14(18)8-13/h3-8,11H,9-10H2,1-2H3. The highest BCUT2D eigenvalue weighted by Crippen LogP contribution is 2.21. The lowest BCUT2D eigenvalue weighted by atomic mass is 10.2. The summed E-state index contributed by atoms with van der Waals surface area (Å²) in [5.41, 5.74) is 2.82. The average Bonchev–Trinajstić information content (AvgIpc) is 3.09. The summed E-state index contributed by atoms with van der Waals surface area (Å²) >= 11 is 1.76. The molecule has 0 bridgehead atoms. The number of aromatic nitrogens is 1. The van der Waals surface area contributed by atoms with Crippen molar-refractivity contribution < 1.29 is 8.81 Å². The molecule has 0 spiro atoms. The normalized spacial score (nSPS) is 11.3. The van der Waals surface area contributed by atoms with Crippen molar-refractivity contribution in [1.82, 2.24) is 9.88 Å². The van der Waals surface area contributed by atoms with E-state index in [1.165, 1.54) is 22.6 Å². The van der Waals surface area contributed by atoms with E-state index in [2.05, 4.69) is 35.3 Å². The van der Waals surface area contributed by atoms with Crippen LogP contribution in [0, 0.1) is 12.7 Å². The van der Waals surface area contributed by atoms with Gasteiger partial charge in [0.25, 0.3) is 0 Å². The number of hydrogen-bond acceptors (Lipinski definition) is 4. The van der Waals surface area contributed by atoms with Crippen molar-refractivity contribution in [2.45, 2.75) is 20.0 Å². The lowest BCUT2D eigenvalue weighted by Gasteiger charge is -2.14. The minimum Gasteiger partial charge on any atom is -0.444 e. The zero-order valence-corrected chi connectivity index (χ0v) is 13.4. The molecule has 0 fully saturated rings. The van der Waals surface area contributed by atoms with E-state index >= 15 is 0 Å². The molecule has 114 valence electrons. The third-order valence-electron chi connectivity index (χ3n) is 3.44. The van der Waals surface area contributed by atoms with Gasteiger partial charge in [-0.25, -0.2) is 9.37 Å². The molecule has 2 heterocycles. The molecule has 3 rings (SSSR count). The Morgan fingerprint density at radius 3 is 2.86 bits per heavy atom. The minimum absolute atomic E-state index is 0.289. The first-order valence-corrected chi connectivity index (χ1v) is 7.91. The van der Waals surface area contributed by atoms with Gasteiger partial charge in [-0.3, -0.25) is 4.90 Å². The van der Waals surface area contributed by atoms with E-state index < -0.39 is 0 Å². The third kappa shape index (κ3) is 3.43. The van der Waals surface area contributed by atoms with Crippen LogP contribution in [0.3, 0.4) is 0 Å². The van der Waals surface area contributed by atoms with Crippen molar-refractivity contribution >= 4 is 11.3 Å². The Morgan fingerprint density at radius 2 is 2.14 bits per heavy atom. The van der Waals surface area contributed by atoms with E-state index in [0.717, 1.165) is 12.2 Å². The number of nitrogens with zero attached hydrogens (tertiary/aromatic N) is 2. The molecule has 1 aromatic carbocycles. The molecule has 0 aliphatic rings. The average molecular weight is 316 g/mol. The molecule has 0 N–H and O–H groups in total. The van der Waals surface area contributed by atoms with Crippen LogP contribution in [0.2, 0.25) is 0 Å². The Kier molecular flexibility index (Phi) is 4.36. The van der Waals surface area contributed by atoms with Crippen LogP contribution in [-0.4, -0.2) is 16.9 Å². The molecule has 0 radical (unpaired) electrons. The van der Waals surface area contributed by atoms with Gasteiger partial charge in [0.2, 0.25) is 5.89 Å². The lowest BCUT2D eigenvalue weighted by molar-refractivity contribution is 0.317. The van der Waals surface area contributed by atoms with Crippen LogP contribution in [0.4, 0.5) is 4.39 Å². The number of aryl methyl sites for hydroxylation is 1. The molecule has 0 unspecified atom stereocenters. The van der Waals surface area contributed by atoms with Crippen LogP contribution >= 0.6 is 11.3 Å². The fourth-order valence-corrected chi connectivity index (χ4v) is 3.26. The maximum absolute atomic E-state index is 13.2. The summed E-state index contributed by atoms with van der Waals surface area (Å²) in [5, 5.41) is 2.11. The summed E-state index contributed by atoms with van der Waals surface area (Å²) in [6.45, 7) is 3.69. The highest BCUT2D eigenvalue weighted by molar-refractivity contribution is 7.10. The quantitative estimate of drug-likeness (QED) is 0.695. The zero-order chi connectivity index (χ0) is 15.5. The number of oxazole rings is 1. The summed E-state index contributed by atoms with van der Waals surface area (Å²) in [7, 11) is 2.05. The van der Waals surface area contributed by atoms with Crippen molar-refractivity contribution in [2.24, 2.45) is 0 Å². The molecule has 3 nitrogen and oxygen atoms in total. The molecule has 0 aliphatic heterocycles.